The monoisotopic (exact) mass is 375 g/mol. The van der Waals surface area contributed by atoms with E-state index in [0.717, 1.165) is 48.8 Å². The Labute approximate surface area is 167 Å². The summed E-state index contributed by atoms with van der Waals surface area (Å²) < 4.78 is 0. The van der Waals surface area contributed by atoms with Crippen molar-refractivity contribution in [3.63, 3.8) is 0 Å². The molecule has 2 aromatic carbocycles. The molecule has 0 atom stereocenters. The maximum absolute atomic E-state index is 13.3. The Morgan fingerprint density at radius 2 is 1.46 bits per heavy atom. The van der Waals surface area contributed by atoms with E-state index in [1.54, 1.807) is 0 Å². The first-order valence-corrected chi connectivity index (χ1v) is 10.2. The predicted molar refractivity (Wildman–Crippen MR) is 114 cm³/mol. The summed E-state index contributed by atoms with van der Waals surface area (Å²) >= 11 is 0. The first-order valence-electron chi connectivity index (χ1n) is 10.2. The highest BCUT2D eigenvalue weighted by molar-refractivity contribution is 6.12. The fourth-order valence-electron chi connectivity index (χ4n) is 3.86. The van der Waals surface area contributed by atoms with Crippen LogP contribution in [0.3, 0.4) is 0 Å². The smallest absolute Gasteiger partial charge is 0.255 e. The minimum atomic E-state index is -0.214. The third-order valence-corrected chi connectivity index (χ3v) is 5.38. The van der Waals surface area contributed by atoms with E-state index >= 15 is 0 Å². The lowest BCUT2D eigenvalue weighted by atomic mass is 9.90. The fraction of sp³-hybridized carbons (Fsp3) is 0.360. The normalized spacial score (nSPS) is 13.9. The Balaban J connectivity index is 1.93. The third-order valence-electron chi connectivity index (χ3n) is 5.38. The highest BCUT2D eigenvalue weighted by atomic mass is 16.2. The molecule has 1 fully saturated rings. The maximum Gasteiger partial charge on any atom is 0.255 e. The van der Waals surface area contributed by atoms with Crippen LogP contribution in [0.25, 0.3) is 0 Å². The molecule has 0 aromatic heterocycles. The number of nitrogens with one attached hydrogen (secondary N) is 1. The SMILES string of the molecule is CCc1ccc(C(=O)NC(C(=O)c2cc(C)cc(C)c2)=C2CCCCC2)cc1. The van der Waals surface area contributed by atoms with Gasteiger partial charge in [-0.15, -0.1) is 0 Å². The molecule has 0 spiro atoms. The van der Waals surface area contributed by atoms with Crippen LogP contribution in [0.5, 0.6) is 0 Å². The van der Waals surface area contributed by atoms with Crippen molar-refractivity contribution in [1.82, 2.24) is 5.32 Å². The van der Waals surface area contributed by atoms with Crippen molar-refractivity contribution < 1.29 is 9.59 Å². The summed E-state index contributed by atoms with van der Waals surface area (Å²) in [6, 6.07) is 13.5. The van der Waals surface area contributed by atoms with Crippen LogP contribution in [-0.4, -0.2) is 11.7 Å². The number of rotatable bonds is 5. The van der Waals surface area contributed by atoms with E-state index in [-0.39, 0.29) is 11.7 Å². The van der Waals surface area contributed by atoms with Gasteiger partial charge < -0.3 is 5.32 Å². The second kappa shape index (κ2) is 9.01. The van der Waals surface area contributed by atoms with Gasteiger partial charge in [0, 0.05) is 11.1 Å². The van der Waals surface area contributed by atoms with Crippen molar-refractivity contribution in [3.8, 4) is 0 Å². The zero-order valence-corrected chi connectivity index (χ0v) is 17.1. The number of allylic oxidation sites excluding steroid dienone is 2. The van der Waals surface area contributed by atoms with Crippen LogP contribution < -0.4 is 5.32 Å². The van der Waals surface area contributed by atoms with Crippen LogP contribution in [0.4, 0.5) is 0 Å². The number of hydrogen-bond acceptors (Lipinski definition) is 2. The van der Waals surface area contributed by atoms with Gasteiger partial charge in [-0.05, 0) is 81.4 Å². The molecule has 3 heteroatoms. The quantitative estimate of drug-likeness (QED) is 0.538. The summed E-state index contributed by atoms with van der Waals surface area (Å²) in [4.78, 5) is 26.2. The first-order chi connectivity index (χ1) is 13.5. The van der Waals surface area contributed by atoms with Gasteiger partial charge >= 0.3 is 0 Å². The Kier molecular flexibility index (Phi) is 6.45. The molecule has 1 aliphatic carbocycles. The molecule has 3 rings (SSSR count). The lowest BCUT2D eigenvalue weighted by molar-refractivity contribution is 0.0931. The molecule has 1 aliphatic rings. The summed E-state index contributed by atoms with van der Waals surface area (Å²) in [6.45, 7) is 6.07. The number of carbonyl (C=O) groups is 2. The van der Waals surface area contributed by atoms with E-state index in [2.05, 4.69) is 18.3 Å². The number of amides is 1. The number of ketones is 1. The molecular weight excluding hydrogens is 346 g/mol. The number of Topliss-reactive ketones (excluding diaryl/α,β-unsaturated/α-hetero) is 1. The molecule has 146 valence electrons. The van der Waals surface area contributed by atoms with Gasteiger partial charge in [-0.1, -0.05) is 42.7 Å². The van der Waals surface area contributed by atoms with Crippen LogP contribution in [-0.2, 0) is 6.42 Å². The zero-order chi connectivity index (χ0) is 20.1. The lowest BCUT2D eigenvalue weighted by Gasteiger charge is -2.20. The molecule has 1 N–H and O–H groups in total. The topological polar surface area (TPSA) is 46.2 Å². The largest absolute Gasteiger partial charge is 0.319 e. The van der Waals surface area contributed by atoms with E-state index in [9.17, 15) is 9.59 Å². The molecule has 28 heavy (non-hydrogen) atoms. The Morgan fingerprint density at radius 1 is 0.857 bits per heavy atom. The number of hydrogen-bond donors (Lipinski definition) is 1. The van der Waals surface area contributed by atoms with Crippen molar-refractivity contribution in [3.05, 3.63) is 81.6 Å². The summed E-state index contributed by atoms with van der Waals surface area (Å²) in [5.41, 5.74) is 6.08. The predicted octanol–water partition coefficient (Wildman–Crippen LogP) is 5.70. The van der Waals surface area contributed by atoms with E-state index < -0.39 is 0 Å². The van der Waals surface area contributed by atoms with Crippen LogP contribution in [0.1, 0.15) is 76.4 Å². The minimum Gasteiger partial charge on any atom is -0.319 e. The molecule has 0 bridgehead atoms. The highest BCUT2D eigenvalue weighted by Gasteiger charge is 2.22. The van der Waals surface area contributed by atoms with Gasteiger partial charge in [0.2, 0.25) is 5.78 Å². The van der Waals surface area contributed by atoms with Gasteiger partial charge in [0.1, 0.15) is 0 Å². The van der Waals surface area contributed by atoms with Crippen LogP contribution >= 0.6 is 0 Å². The van der Waals surface area contributed by atoms with E-state index in [4.69, 9.17) is 0 Å². The molecule has 0 radical (unpaired) electrons. The van der Waals surface area contributed by atoms with Crippen LogP contribution in [0, 0.1) is 13.8 Å². The fourth-order valence-corrected chi connectivity index (χ4v) is 3.86. The Bertz CT molecular complexity index is 878. The van der Waals surface area contributed by atoms with Gasteiger partial charge in [0.15, 0.2) is 0 Å². The summed E-state index contributed by atoms with van der Waals surface area (Å²) in [5.74, 6) is -0.296. The van der Waals surface area contributed by atoms with Gasteiger partial charge in [0.05, 0.1) is 5.70 Å². The van der Waals surface area contributed by atoms with Crippen LogP contribution in [0.2, 0.25) is 0 Å². The summed E-state index contributed by atoms with van der Waals surface area (Å²) in [5, 5.41) is 2.97. The van der Waals surface area contributed by atoms with Crippen LogP contribution in [0.15, 0.2) is 53.7 Å². The molecule has 3 nitrogen and oxygen atoms in total. The third kappa shape index (κ3) is 4.78. The van der Waals surface area contributed by atoms with E-state index in [1.807, 2.05) is 50.2 Å². The molecule has 2 aromatic rings. The van der Waals surface area contributed by atoms with Crippen molar-refractivity contribution in [2.75, 3.05) is 0 Å². The molecule has 0 saturated heterocycles. The molecule has 0 unspecified atom stereocenters. The summed E-state index contributed by atoms with van der Waals surface area (Å²) in [6.07, 6.45) is 6.01. The van der Waals surface area contributed by atoms with Gasteiger partial charge in [-0.3, -0.25) is 9.59 Å². The van der Waals surface area contributed by atoms with Crippen molar-refractivity contribution in [2.45, 2.75) is 59.3 Å². The first kappa shape index (κ1) is 20.1. The average Bonchev–Trinajstić information content (AvgIpc) is 2.71. The molecule has 1 saturated carbocycles. The number of carbonyl (C=O) groups excluding carboxylic acids is 2. The Hall–Kier alpha value is -2.68. The minimum absolute atomic E-state index is 0.0813. The van der Waals surface area contributed by atoms with Crippen molar-refractivity contribution >= 4 is 11.7 Å². The van der Waals surface area contributed by atoms with Gasteiger partial charge in [0.25, 0.3) is 5.91 Å². The van der Waals surface area contributed by atoms with Crippen molar-refractivity contribution in [2.24, 2.45) is 0 Å². The molecular formula is C25H29NO2. The highest BCUT2D eigenvalue weighted by Crippen LogP contribution is 2.27. The Morgan fingerprint density at radius 3 is 2.04 bits per heavy atom. The maximum atomic E-state index is 13.3. The van der Waals surface area contributed by atoms with E-state index in [1.165, 1.54) is 12.0 Å². The van der Waals surface area contributed by atoms with Gasteiger partial charge in [-0.25, -0.2) is 0 Å². The summed E-state index contributed by atoms with van der Waals surface area (Å²) in [7, 11) is 0. The lowest BCUT2D eigenvalue weighted by Crippen LogP contribution is -2.29. The van der Waals surface area contributed by atoms with E-state index in [0.29, 0.717) is 16.8 Å². The number of aryl methyl sites for hydroxylation is 3. The molecule has 1 amide bonds. The number of benzene rings is 2. The zero-order valence-electron chi connectivity index (χ0n) is 17.1. The molecule has 0 heterocycles. The molecule has 0 aliphatic heterocycles. The second-order valence-corrected chi connectivity index (χ2v) is 7.75. The standard InChI is InChI=1S/C25H29NO2/c1-4-19-10-12-21(13-11-19)25(28)26-23(20-8-6-5-7-9-20)24(27)22-15-17(2)14-18(3)16-22/h10-16H,4-9H2,1-3H3,(H,26,28). The second-order valence-electron chi connectivity index (χ2n) is 7.75. The van der Waals surface area contributed by atoms with Gasteiger partial charge in [-0.2, -0.15) is 0 Å². The average molecular weight is 376 g/mol. The van der Waals surface area contributed by atoms with Crippen molar-refractivity contribution in [1.29, 1.82) is 0 Å².